The summed E-state index contributed by atoms with van der Waals surface area (Å²) < 4.78 is 10.4. The Morgan fingerprint density at radius 3 is 3.13 bits per heavy atom. The van der Waals surface area contributed by atoms with Crippen LogP contribution in [0.1, 0.15) is 5.89 Å². The molecule has 0 fully saturated rings. The quantitative estimate of drug-likeness (QED) is 0.827. The van der Waals surface area contributed by atoms with Gasteiger partial charge in [0.1, 0.15) is 5.52 Å². The Labute approximate surface area is 85.3 Å². The molecule has 0 atom stereocenters. The van der Waals surface area contributed by atoms with Crippen molar-refractivity contribution in [2.75, 3.05) is 6.61 Å². The number of aromatic nitrogens is 1. The minimum absolute atomic E-state index is 0.390. The van der Waals surface area contributed by atoms with Crippen LogP contribution in [0.3, 0.4) is 0 Å². The molecule has 1 aromatic heterocycles. The number of aliphatic carboxylic acids is 1. The Kier molecular flexibility index (Phi) is 2.29. The van der Waals surface area contributed by atoms with Crippen LogP contribution >= 0.6 is 0 Å². The highest BCUT2D eigenvalue weighted by Gasteiger charge is 2.09. The molecule has 0 bridgehead atoms. The van der Waals surface area contributed by atoms with Crippen molar-refractivity contribution in [1.29, 1.82) is 0 Å². The second-order valence-electron chi connectivity index (χ2n) is 3.02. The topological polar surface area (TPSA) is 72.6 Å². The minimum Gasteiger partial charge on any atom is -0.479 e. The van der Waals surface area contributed by atoms with Crippen molar-refractivity contribution >= 4 is 17.1 Å². The first-order valence-corrected chi connectivity index (χ1v) is 4.37. The molecular weight excluding hydrogens is 198 g/mol. The monoisotopic (exact) mass is 207 g/mol. The molecule has 2 aromatic rings. The highest BCUT2D eigenvalue weighted by atomic mass is 16.5. The summed E-state index contributed by atoms with van der Waals surface area (Å²) in [5, 5.41) is 8.48. The highest BCUT2D eigenvalue weighted by Crippen LogP contribution is 2.25. The number of carbonyl (C=O) groups is 1. The predicted octanol–water partition coefficient (Wildman–Crippen LogP) is 1.60. The third-order valence-electron chi connectivity index (χ3n) is 1.84. The molecule has 0 aliphatic heterocycles. The van der Waals surface area contributed by atoms with Gasteiger partial charge in [0.15, 0.2) is 23.8 Å². The maximum atomic E-state index is 10.3. The summed E-state index contributed by atoms with van der Waals surface area (Å²) in [4.78, 5) is 14.4. The number of fused-ring (bicyclic) bond motifs is 1. The van der Waals surface area contributed by atoms with E-state index in [0.29, 0.717) is 22.7 Å². The van der Waals surface area contributed by atoms with Crippen LogP contribution in [0.25, 0.3) is 11.1 Å². The lowest BCUT2D eigenvalue weighted by Crippen LogP contribution is -2.09. The van der Waals surface area contributed by atoms with Crippen molar-refractivity contribution in [3.05, 3.63) is 24.1 Å². The van der Waals surface area contributed by atoms with Gasteiger partial charge in [0, 0.05) is 6.92 Å². The zero-order valence-electron chi connectivity index (χ0n) is 8.06. The third kappa shape index (κ3) is 1.90. The van der Waals surface area contributed by atoms with Crippen LogP contribution < -0.4 is 4.74 Å². The lowest BCUT2D eigenvalue weighted by atomic mass is 10.3. The van der Waals surface area contributed by atoms with Gasteiger partial charge in [-0.3, -0.25) is 0 Å². The van der Waals surface area contributed by atoms with Crippen LogP contribution in [0, 0.1) is 6.92 Å². The fourth-order valence-corrected chi connectivity index (χ4v) is 1.29. The molecule has 15 heavy (non-hydrogen) atoms. The standard InChI is InChI=1S/C10H9NO4/c1-6-11-7-3-2-4-8(10(7)15-6)14-5-9(12)13/h2-4H,5H2,1H3,(H,12,13). The van der Waals surface area contributed by atoms with E-state index >= 15 is 0 Å². The van der Waals surface area contributed by atoms with Gasteiger partial charge in [0.25, 0.3) is 0 Å². The first-order chi connectivity index (χ1) is 7.16. The molecule has 1 aromatic carbocycles. The summed E-state index contributed by atoms with van der Waals surface area (Å²) in [7, 11) is 0. The number of carboxylic acid groups (broad SMARTS) is 1. The van der Waals surface area contributed by atoms with Gasteiger partial charge in [-0.25, -0.2) is 9.78 Å². The number of para-hydroxylation sites is 1. The van der Waals surface area contributed by atoms with E-state index in [0.717, 1.165) is 0 Å². The summed E-state index contributed by atoms with van der Waals surface area (Å²) in [6.45, 7) is 1.33. The van der Waals surface area contributed by atoms with Crippen LogP contribution in [-0.4, -0.2) is 22.7 Å². The second kappa shape index (κ2) is 3.61. The number of nitrogens with zero attached hydrogens (tertiary/aromatic N) is 1. The first kappa shape index (κ1) is 9.51. The fourth-order valence-electron chi connectivity index (χ4n) is 1.29. The molecule has 0 saturated carbocycles. The Hall–Kier alpha value is -2.04. The average Bonchev–Trinajstić information content (AvgIpc) is 2.55. The lowest BCUT2D eigenvalue weighted by molar-refractivity contribution is -0.139. The van der Waals surface area contributed by atoms with Crippen molar-refractivity contribution in [3.63, 3.8) is 0 Å². The molecule has 0 saturated heterocycles. The largest absolute Gasteiger partial charge is 0.479 e. The predicted molar refractivity (Wildman–Crippen MR) is 51.9 cm³/mol. The number of carboxylic acids is 1. The minimum atomic E-state index is -1.02. The van der Waals surface area contributed by atoms with Crippen LogP contribution in [0.2, 0.25) is 0 Å². The Balaban J connectivity index is 2.37. The summed E-state index contributed by atoms with van der Waals surface area (Å²) in [5.41, 5.74) is 1.15. The van der Waals surface area contributed by atoms with Crippen molar-refractivity contribution in [3.8, 4) is 5.75 Å². The number of benzene rings is 1. The fraction of sp³-hybridized carbons (Fsp3) is 0.200. The van der Waals surface area contributed by atoms with Gasteiger partial charge in [-0.05, 0) is 12.1 Å². The molecule has 0 aliphatic rings. The molecule has 2 rings (SSSR count). The summed E-state index contributed by atoms with van der Waals surface area (Å²) in [6.07, 6.45) is 0. The maximum absolute atomic E-state index is 10.3. The van der Waals surface area contributed by atoms with E-state index in [1.54, 1.807) is 25.1 Å². The van der Waals surface area contributed by atoms with E-state index in [-0.39, 0.29) is 0 Å². The van der Waals surface area contributed by atoms with Crippen LogP contribution in [-0.2, 0) is 4.79 Å². The third-order valence-corrected chi connectivity index (χ3v) is 1.84. The van der Waals surface area contributed by atoms with Gasteiger partial charge in [0.2, 0.25) is 0 Å². The number of hydrogen-bond acceptors (Lipinski definition) is 4. The van der Waals surface area contributed by atoms with Crippen LogP contribution in [0.5, 0.6) is 5.75 Å². The zero-order valence-corrected chi connectivity index (χ0v) is 8.06. The van der Waals surface area contributed by atoms with E-state index in [2.05, 4.69) is 4.98 Å². The van der Waals surface area contributed by atoms with Crippen molar-refractivity contribution < 1.29 is 19.1 Å². The SMILES string of the molecule is Cc1nc2cccc(OCC(=O)O)c2o1. The van der Waals surface area contributed by atoms with E-state index in [4.69, 9.17) is 14.3 Å². The number of rotatable bonds is 3. The number of hydrogen-bond donors (Lipinski definition) is 1. The zero-order chi connectivity index (χ0) is 10.8. The van der Waals surface area contributed by atoms with Crippen molar-refractivity contribution in [2.24, 2.45) is 0 Å². The van der Waals surface area contributed by atoms with Gasteiger partial charge in [-0.2, -0.15) is 0 Å². The molecule has 5 heteroatoms. The Morgan fingerprint density at radius 2 is 2.40 bits per heavy atom. The molecular formula is C10H9NO4. The molecule has 1 heterocycles. The molecule has 0 aliphatic carbocycles. The van der Waals surface area contributed by atoms with Gasteiger partial charge in [0.05, 0.1) is 0 Å². The van der Waals surface area contributed by atoms with Gasteiger partial charge in [-0.1, -0.05) is 6.07 Å². The molecule has 0 amide bonds. The van der Waals surface area contributed by atoms with Gasteiger partial charge >= 0.3 is 5.97 Å². The summed E-state index contributed by atoms with van der Waals surface area (Å²) >= 11 is 0. The smallest absolute Gasteiger partial charge is 0.341 e. The van der Waals surface area contributed by atoms with E-state index in [1.165, 1.54) is 0 Å². The highest BCUT2D eigenvalue weighted by molar-refractivity contribution is 5.79. The summed E-state index contributed by atoms with van der Waals surface area (Å²) in [6, 6.07) is 5.16. The lowest BCUT2D eigenvalue weighted by Gasteiger charge is -2.01. The first-order valence-electron chi connectivity index (χ1n) is 4.37. The average molecular weight is 207 g/mol. The second-order valence-corrected chi connectivity index (χ2v) is 3.02. The van der Waals surface area contributed by atoms with Gasteiger partial charge < -0.3 is 14.3 Å². The number of ether oxygens (including phenoxy) is 1. The van der Waals surface area contributed by atoms with Crippen LogP contribution in [0.15, 0.2) is 22.6 Å². The van der Waals surface area contributed by atoms with Crippen molar-refractivity contribution in [2.45, 2.75) is 6.92 Å². The van der Waals surface area contributed by atoms with E-state index < -0.39 is 12.6 Å². The van der Waals surface area contributed by atoms with E-state index in [9.17, 15) is 4.79 Å². The molecule has 0 spiro atoms. The van der Waals surface area contributed by atoms with Crippen molar-refractivity contribution in [1.82, 2.24) is 4.98 Å². The molecule has 5 nitrogen and oxygen atoms in total. The summed E-state index contributed by atoms with van der Waals surface area (Å²) in [5.74, 6) is -0.102. The Morgan fingerprint density at radius 1 is 1.60 bits per heavy atom. The number of oxazole rings is 1. The normalized spacial score (nSPS) is 10.5. The Bertz CT molecular complexity index is 503. The van der Waals surface area contributed by atoms with Gasteiger partial charge in [-0.15, -0.1) is 0 Å². The molecule has 0 radical (unpaired) electrons. The maximum Gasteiger partial charge on any atom is 0.341 e. The molecule has 1 N–H and O–H groups in total. The number of aryl methyl sites for hydroxylation is 1. The molecule has 0 unspecified atom stereocenters. The molecule has 78 valence electrons. The van der Waals surface area contributed by atoms with E-state index in [1.807, 2.05) is 0 Å². The van der Waals surface area contributed by atoms with Crippen LogP contribution in [0.4, 0.5) is 0 Å².